The van der Waals surface area contributed by atoms with Gasteiger partial charge in [-0.1, -0.05) is 17.7 Å². The first kappa shape index (κ1) is 12.3. The Morgan fingerprint density at radius 2 is 2.41 bits per heavy atom. The Labute approximate surface area is 105 Å². The molecule has 1 aromatic heterocycles. The standard InChI is InChI=1S/C12H15ClN2O2/c1-2-17-12(16)10-7-14-6-9(10)8-3-4-11(13)15-5-8/h3-5,9-10,14H,2,6-7H2,1H3. The van der Waals surface area contributed by atoms with Gasteiger partial charge in [-0.05, 0) is 18.6 Å². The fourth-order valence-electron chi connectivity index (χ4n) is 2.13. The Balaban J connectivity index is 2.14. The summed E-state index contributed by atoms with van der Waals surface area (Å²) in [5, 5.41) is 3.68. The number of ether oxygens (including phenoxy) is 1. The van der Waals surface area contributed by atoms with Crippen LogP contribution in [0.25, 0.3) is 0 Å². The molecule has 0 spiro atoms. The molecule has 2 atom stereocenters. The highest BCUT2D eigenvalue weighted by molar-refractivity contribution is 6.29. The van der Waals surface area contributed by atoms with Crippen LogP contribution in [0.2, 0.25) is 5.15 Å². The lowest BCUT2D eigenvalue weighted by Gasteiger charge is -2.16. The number of carbonyl (C=O) groups is 1. The van der Waals surface area contributed by atoms with Crippen LogP contribution in [0.3, 0.4) is 0 Å². The number of halogens is 1. The molecule has 0 bridgehead atoms. The Morgan fingerprint density at radius 1 is 1.59 bits per heavy atom. The van der Waals surface area contributed by atoms with E-state index in [1.165, 1.54) is 0 Å². The molecule has 92 valence electrons. The average Bonchev–Trinajstić information content (AvgIpc) is 2.79. The van der Waals surface area contributed by atoms with Crippen LogP contribution in [0.4, 0.5) is 0 Å². The van der Waals surface area contributed by atoms with Gasteiger partial charge in [0.05, 0.1) is 12.5 Å². The molecule has 1 saturated heterocycles. The number of hydrogen-bond donors (Lipinski definition) is 1. The molecule has 0 aliphatic carbocycles. The Kier molecular flexibility index (Phi) is 3.97. The van der Waals surface area contributed by atoms with Crippen molar-refractivity contribution in [2.24, 2.45) is 5.92 Å². The highest BCUT2D eigenvalue weighted by Gasteiger charge is 2.35. The zero-order valence-electron chi connectivity index (χ0n) is 9.65. The number of pyridine rings is 1. The Morgan fingerprint density at radius 3 is 3.06 bits per heavy atom. The lowest BCUT2D eigenvalue weighted by molar-refractivity contribution is -0.147. The maximum Gasteiger partial charge on any atom is 0.310 e. The molecular formula is C12H15ClN2O2. The molecule has 1 fully saturated rings. The molecule has 1 N–H and O–H groups in total. The fraction of sp³-hybridized carbons (Fsp3) is 0.500. The minimum atomic E-state index is -0.141. The second kappa shape index (κ2) is 5.47. The molecule has 0 saturated carbocycles. The van der Waals surface area contributed by atoms with Crippen molar-refractivity contribution in [3.05, 3.63) is 29.0 Å². The molecule has 1 aromatic rings. The fourth-order valence-corrected chi connectivity index (χ4v) is 2.24. The van der Waals surface area contributed by atoms with Crippen LogP contribution in [-0.4, -0.2) is 30.6 Å². The van der Waals surface area contributed by atoms with Crippen molar-refractivity contribution in [2.45, 2.75) is 12.8 Å². The van der Waals surface area contributed by atoms with Gasteiger partial charge in [-0.25, -0.2) is 4.98 Å². The van der Waals surface area contributed by atoms with E-state index >= 15 is 0 Å². The molecule has 17 heavy (non-hydrogen) atoms. The molecule has 5 heteroatoms. The molecule has 0 radical (unpaired) electrons. The maximum absolute atomic E-state index is 11.8. The predicted molar refractivity (Wildman–Crippen MR) is 65.0 cm³/mol. The summed E-state index contributed by atoms with van der Waals surface area (Å²) in [5.41, 5.74) is 1.03. The average molecular weight is 255 g/mol. The second-order valence-corrected chi connectivity index (χ2v) is 4.42. The number of hydrogen-bond acceptors (Lipinski definition) is 4. The highest BCUT2D eigenvalue weighted by Crippen LogP contribution is 2.29. The first-order valence-corrected chi connectivity index (χ1v) is 6.09. The third-order valence-electron chi connectivity index (χ3n) is 2.98. The van der Waals surface area contributed by atoms with Gasteiger partial charge in [0.15, 0.2) is 0 Å². The molecule has 2 rings (SSSR count). The summed E-state index contributed by atoms with van der Waals surface area (Å²) in [7, 11) is 0. The van der Waals surface area contributed by atoms with Gasteiger partial charge in [-0.15, -0.1) is 0 Å². The first-order chi connectivity index (χ1) is 8.22. The van der Waals surface area contributed by atoms with Gasteiger partial charge in [-0.2, -0.15) is 0 Å². The number of aromatic nitrogens is 1. The van der Waals surface area contributed by atoms with Gasteiger partial charge in [-0.3, -0.25) is 4.79 Å². The summed E-state index contributed by atoms with van der Waals surface area (Å²) in [6.07, 6.45) is 1.73. The van der Waals surface area contributed by atoms with E-state index in [4.69, 9.17) is 16.3 Å². The second-order valence-electron chi connectivity index (χ2n) is 4.04. The summed E-state index contributed by atoms with van der Waals surface area (Å²) >= 11 is 5.75. The minimum absolute atomic E-state index is 0.124. The van der Waals surface area contributed by atoms with Crippen LogP contribution >= 0.6 is 11.6 Å². The molecule has 2 unspecified atom stereocenters. The van der Waals surface area contributed by atoms with Crippen LogP contribution in [-0.2, 0) is 9.53 Å². The van der Waals surface area contributed by atoms with E-state index in [0.29, 0.717) is 18.3 Å². The topological polar surface area (TPSA) is 51.2 Å². The number of esters is 1. The quantitative estimate of drug-likeness (QED) is 0.658. The Hall–Kier alpha value is -1.13. The van der Waals surface area contributed by atoms with Crippen molar-refractivity contribution in [2.75, 3.05) is 19.7 Å². The van der Waals surface area contributed by atoms with E-state index in [2.05, 4.69) is 10.3 Å². The summed E-state index contributed by atoms with van der Waals surface area (Å²) in [6.45, 7) is 3.67. The van der Waals surface area contributed by atoms with E-state index in [1.54, 1.807) is 12.3 Å². The van der Waals surface area contributed by atoms with Crippen molar-refractivity contribution in [3.8, 4) is 0 Å². The minimum Gasteiger partial charge on any atom is -0.466 e. The highest BCUT2D eigenvalue weighted by atomic mass is 35.5. The van der Waals surface area contributed by atoms with E-state index in [9.17, 15) is 4.79 Å². The zero-order valence-corrected chi connectivity index (χ0v) is 10.4. The third kappa shape index (κ3) is 2.76. The molecule has 0 aromatic carbocycles. The van der Waals surface area contributed by atoms with Crippen LogP contribution in [0.1, 0.15) is 18.4 Å². The first-order valence-electron chi connectivity index (χ1n) is 5.71. The van der Waals surface area contributed by atoms with E-state index in [-0.39, 0.29) is 17.8 Å². The molecule has 1 aliphatic heterocycles. The van der Waals surface area contributed by atoms with E-state index < -0.39 is 0 Å². The van der Waals surface area contributed by atoms with E-state index in [1.807, 2.05) is 13.0 Å². The summed E-state index contributed by atoms with van der Waals surface area (Å²) < 4.78 is 5.08. The summed E-state index contributed by atoms with van der Waals surface area (Å²) in [4.78, 5) is 15.8. The molecule has 0 amide bonds. The van der Waals surface area contributed by atoms with Crippen molar-refractivity contribution >= 4 is 17.6 Å². The van der Waals surface area contributed by atoms with Crippen molar-refractivity contribution in [3.63, 3.8) is 0 Å². The van der Waals surface area contributed by atoms with Crippen LogP contribution in [0.5, 0.6) is 0 Å². The van der Waals surface area contributed by atoms with Crippen LogP contribution < -0.4 is 5.32 Å². The van der Waals surface area contributed by atoms with Gasteiger partial charge >= 0.3 is 5.97 Å². The summed E-state index contributed by atoms with van der Waals surface area (Å²) in [5.74, 6) is -0.144. The van der Waals surface area contributed by atoms with Gasteiger partial charge in [0.1, 0.15) is 5.15 Å². The molecule has 1 aliphatic rings. The van der Waals surface area contributed by atoms with Crippen LogP contribution in [0.15, 0.2) is 18.3 Å². The van der Waals surface area contributed by atoms with Crippen molar-refractivity contribution in [1.82, 2.24) is 10.3 Å². The maximum atomic E-state index is 11.8. The van der Waals surface area contributed by atoms with Gasteiger partial charge in [0.25, 0.3) is 0 Å². The Bertz CT molecular complexity index is 394. The van der Waals surface area contributed by atoms with E-state index in [0.717, 1.165) is 12.1 Å². The number of nitrogens with one attached hydrogen (secondary N) is 1. The third-order valence-corrected chi connectivity index (χ3v) is 3.21. The monoisotopic (exact) mass is 254 g/mol. The van der Waals surface area contributed by atoms with Gasteiger partial charge in [0, 0.05) is 25.2 Å². The normalized spacial score (nSPS) is 23.6. The van der Waals surface area contributed by atoms with Crippen molar-refractivity contribution < 1.29 is 9.53 Å². The number of carbonyl (C=O) groups excluding carboxylic acids is 1. The number of rotatable bonds is 3. The molecule has 2 heterocycles. The number of nitrogens with zero attached hydrogens (tertiary/aromatic N) is 1. The predicted octanol–water partition coefficient (Wildman–Crippen LogP) is 1.60. The SMILES string of the molecule is CCOC(=O)C1CNCC1c1ccc(Cl)nc1. The van der Waals surface area contributed by atoms with Crippen molar-refractivity contribution in [1.29, 1.82) is 0 Å². The van der Waals surface area contributed by atoms with Gasteiger partial charge < -0.3 is 10.1 Å². The lowest BCUT2D eigenvalue weighted by Crippen LogP contribution is -2.24. The van der Waals surface area contributed by atoms with Gasteiger partial charge in [0.2, 0.25) is 0 Å². The smallest absolute Gasteiger partial charge is 0.310 e. The molecule has 4 nitrogen and oxygen atoms in total. The largest absolute Gasteiger partial charge is 0.466 e. The lowest BCUT2D eigenvalue weighted by atomic mass is 9.90. The summed E-state index contributed by atoms with van der Waals surface area (Å²) in [6, 6.07) is 3.66. The molecular weight excluding hydrogens is 240 g/mol. The zero-order chi connectivity index (χ0) is 12.3. The van der Waals surface area contributed by atoms with Crippen LogP contribution in [0, 0.1) is 5.92 Å².